The number of benzene rings is 1. The lowest BCUT2D eigenvalue weighted by molar-refractivity contribution is 0.579. The fourth-order valence-electron chi connectivity index (χ4n) is 2.44. The van der Waals surface area contributed by atoms with Crippen molar-refractivity contribution in [2.24, 2.45) is 5.92 Å². The van der Waals surface area contributed by atoms with E-state index >= 15 is 0 Å². The molecule has 1 aliphatic carbocycles. The largest absolute Gasteiger partial charge is 0.371 e. The van der Waals surface area contributed by atoms with Crippen LogP contribution in [0.5, 0.6) is 0 Å². The summed E-state index contributed by atoms with van der Waals surface area (Å²) in [7, 11) is 2.23. The van der Waals surface area contributed by atoms with Crippen LogP contribution in [0.2, 0.25) is 0 Å². The molecule has 1 saturated carbocycles. The minimum atomic E-state index is 0.516. The lowest BCUT2D eigenvalue weighted by Crippen LogP contribution is -2.32. The van der Waals surface area contributed by atoms with Gasteiger partial charge in [0.05, 0.1) is 0 Å². The monoisotopic (exact) mass is 324 g/mol. The number of hydrogen-bond acceptors (Lipinski definition) is 2. The lowest BCUT2D eigenvalue weighted by Gasteiger charge is -2.29. The topological polar surface area (TPSA) is 15.3 Å². The average Bonchev–Trinajstić information content (AvgIpc) is 3.19. The van der Waals surface area contributed by atoms with Crippen molar-refractivity contribution in [3.8, 4) is 0 Å². The van der Waals surface area contributed by atoms with E-state index in [1.165, 1.54) is 24.1 Å². The molecule has 1 atom stereocenters. The average molecular weight is 325 g/mol. The summed E-state index contributed by atoms with van der Waals surface area (Å²) in [6.45, 7) is 7.66. The highest BCUT2D eigenvalue weighted by Gasteiger charge is 2.31. The molecule has 19 heavy (non-hydrogen) atoms. The number of nitrogens with one attached hydrogen (secondary N) is 1. The predicted octanol–water partition coefficient (Wildman–Crippen LogP) is 4.18. The number of halogens is 1. The second-order valence-corrected chi connectivity index (χ2v) is 6.91. The van der Waals surface area contributed by atoms with Crippen molar-refractivity contribution < 1.29 is 0 Å². The molecule has 106 valence electrons. The van der Waals surface area contributed by atoms with Crippen molar-refractivity contribution in [1.82, 2.24) is 5.32 Å². The first-order chi connectivity index (χ1) is 8.99. The molecule has 0 spiro atoms. The zero-order valence-electron chi connectivity index (χ0n) is 12.4. The Morgan fingerprint density at radius 2 is 2.00 bits per heavy atom. The van der Waals surface area contributed by atoms with Gasteiger partial charge in [-0.2, -0.15) is 0 Å². The minimum Gasteiger partial charge on any atom is -0.371 e. The summed E-state index contributed by atoms with van der Waals surface area (Å²) in [6, 6.07) is 7.76. The molecule has 1 fully saturated rings. The molecule has 2 nitrogen and oxygen atoms in total. The van der Waals surface area contributed by atoms with Crippen LogP contribution in [0.25, 0.3) is 0 Å². The van der Waals surface area contributed by atoms with E-state index in [9.17, 15) is 0 Å². The first-order valence-electron chi connectivity index (χ1n) is 7.23. The molecule has 1 aromatic rings. The van der Waals surface area contributed by atoms with Crippen molar-refractivity contribution in [1.29, 1.82) is 0 Å². The van der Waals surface area contributed by atoms with Gasteiger partial charge in [-0.15, -0.1) is 0 Å². The molecule has 3 heteroatoms. The summed E-state index contributed by atoms with van der Waals surface area (Å²) in [4.78, 5) is 2.44. The van der Waals surface area contributed by atoms with Crippen LogP contribution in [0.15, 0.2) is 22.7 Å². The van der Waals surface area contributed by atoms with E-state index in [0.29, 0.717) is 12.1 Å². The summed E-state index contributed by atoms with van der Waals surface area (Å²) in [5.74, 6) is 0.884. The number of hydrogen-bond donors (Lipinski definition) is 1. The molecule has 1 aromatic carbocycles. The fourth-order valence-corrected chi connectivity index (χ4v) is 2.79. The van der Waals surface area contributed by atoms with Crippen LogP contribution in [0.1, 0.15) is 39.2 Å². The van der Waals surface area contributed by atoms with Gasteiger partial charge in [-0.25, -0.2) is 0 Å². The van der Waals surface area contributed by atoms with E-state index in [-0.39, 0.29) is 0 Å². The Balaban J connectivity index is 2.17. The van der Waals surface area contributed by atoms with Crippen LogP contribution in [-0.4, -0.2) is 19.1 Å². The first-order valence-corrected chi connectivity index (χ1v) is 8.03. The Hall–Kier alpha value is -0.540. The Kier molecular flexibility index (Phi) is 4.91. The van der Waals surface area contributed by atoms with Crippen LogP contribution in [0.4, 0.5) is 5.69 Å². The molecule has 2 rings (SSSR count). The molecule has 1 unspecified atom stereocenters. The molecule has 0 saturated heterocycles. The molecule has 0 radical (unpaired) electrons. The Labute approximate surface area is 125 Å². The third-order valence-electron chi connectivity index (χ3n) is 4.04. The highest BCUT2D eigenvalue weighted by atomic mass is 79.9. The molecular weight excluding hydrogens is 300 g/mol. The third-order valence-corrected chi connectivity index (χ3v) is 4.54. The molecule has 0 bridgehead atoms. The van der Waals surface area contributed by atoms with Gasteiger partial charge in [-0.3, -0.25) is 0 Å². The molecule has 0 aliphatic heterocycles. The maximum Gasteiger partial charge on any atom is 0.0423 e. The maximum atomic E-state index is 3.60. The summed E-state index contributed by atoms with van der Waals surface area (Å²) >= 11 is 3.60. The fraction of sp³-hybridized carbons (Fsp3) is 0.625. The van der Waals surface area contributed by atoms with Gasteiger partial charge in [-0.1, -0.05) is 35.8 Å². The number of anilines is 1. The Morgan fingerprint density at radius 1 is 1.32 bits per heavy atom. The van der Waals surface area contributed by atoms with Crippen molar-refractivity contribution in [2.45, 2.75) is 52.2 Å². The second kappa shape index (κ2) is 6.27. The van der Waals surface area contributed by atoms with Gasteiger partial charge in [0, 0.05) is 35.8 Å². The summed E-state index contributed by atoms with van der Waals surface area (Å²) in [6.07, 6.45) is 2.78. The van der Waals surface area contributed by atoms with Crippen LogP contribution in [0.3, 0.4) is 0 Å². The van der Waals surface area contributed by atoms with Crippen LogP contribution in [0, 0.1) is 5.92 Å². The zero-order valence-corrected chi connectivity index (χ0v) is 14.0. The SMILES string of the molecule is CC(C)NCc1ccc(Br)cc1N(C)C(C)C1CC1. The van der Waals surface area contributed by atoms with Gasteiger partial charge in [0.15, 0.2) is 0 Å². The van der Waals surface area contributed by atoms with E-state index in [1.54, 1.807) is 0 Å². The van der Waals surface area contributed by atoms with E-state index in [4.69, 9.17) is 0 Å². The summed E-state index contributed by atoms with van der Waals surface area (Å²) < 4.78 is 1.16. The van der Waals surface area contributed by atoms with E-state index in [2.05, 4.69) is 72.2 Å². The van der Waals surface area contributed by atoms with Gasteiger partial charge >= 0.3 is 0 Å². The van der Waals surface area contributed by atoms with E-state index in [0.717, 1.165) is 16.9 Å². The van der Waals surface area contributed by atoms with Gasteiger partial charge in [0.25, 0.3) is 0 Å². The highest BCUT2D eigenvalue weighted by Crippen LogP contribution is 2.37. The molecule has 0 amide bonds. The third kappa shape index (κ3) is 3.96. The van der Waals surface area contributed by atoms with Crippen LogP contribution in [-0.2, 0) is 6.54 Å². The second-order valence-electron chi connectivity index (χ2n) is 6.00. The van der Waals surface area contributed by atoms with E-state index in [1.807, 2.05) is 0 Å². The van der Waals surface area contributed by atoms with Crippen molar-refractivity contribution in [3.05, 3.63) is 28.2 Å². The molecule has 1 aliphatic rings. The van der Waals surface area contributed by atoms with E-state index < -0.39 is 0 Å². The smallest absolute Gasteiger partial charge is 0.0423 e. The number of nitrogens with zero attached hydrogens (tertiary/aromatic N) is 1. The van der Waals surface area contributed by atoms with Gasteiger partial charge in [0.2, 0.25) is 0 Å². The van der Waals surface area contributed by atoms with Crippen LogP contribution >= 0.6 is 15.9 Å². The van der Waals surface area contributed by atoms with Crippen molar-refractivity contribution >= 4 is 21.6 Å². The van der Waals surface area contributed by atoms with Gasteiger partial charge in [0.1, 0.15) is 0 Å². The summed E-state index contributed by atoms with van der Waals surface area (Å²) in [5.41, 5.74) is 2.73. The quantitative estimate of drug-likeness (QED) is 0.844. The molecule has 0 aromatic heterocycles. The maximum absolute atomic E-state index is 3.60. The number of rotatable bonds is 6. The summed E-state index contributed by atoms with van der Waals surface area (Å²) in [5, 5.41) is 3.52. The Bertz CT molecular complexity index is 427. The minimum absolute atomic E-state index is 0.516. The molecule has 0 heterocycles. The van der Waals surface area contributed by atoms with Crippen molar-refractivity contribution in [2.75, 3.05) is 11.9 Å². The molecule has 1 N–H and O–H groups in total. The van der Waals surface area contributed by atoms with Gasteiger partial charge in [-0.05, 0) is 43.4 Å². The van der Waals surface area contributed by atoms with Crippen molar-refractivity contribution in [3.63, 3.8) is 0 Å². The highest BCUT2D eigenvalue weighted by molar-refractivity contribution is 9.10. The first kappa shape index (κ1) is 14.9. The lowest BCUT2D eigenvalue weighted by atomic mass is 10.1. The normalized spacial score (nSPS) is 16.7. The molecular formula is C16H25BrN2. The standard InChI is InChI=1S/C16H25BrN2/c1-11(2)18-10-14-7-8-15(17)9-16(14)19(4)12(3)13-5-6-13/h7-9,11-13,18H,5-6,10H2,1-4H3. The predicted molar refractivity (Wildman–Crippen MR) is 86.7 cm³/mol. The van der Waals surface area contributed by atoms with Gasteiger partial charge < -0.3 is 10.2 Å². The van der Waals surface area contributed by atoms with Crippen LogP contribution < -0.4 is 10.2 Å². The Morgan fingerprint density at radius 3 is 2.58 bits per heavy atom. The zero-order chi connectivity index (χ0) is 14.0.